The van der Waals surface area contributed by atoms with Gasteiger partial charge in [0.25, 0.3) is 0 Å². The zero-order chi connectivity index (χ0) is 23.9. The first-order valence-corrected chi connectivity index (χ1v) is 12.6. The lowest BCUT2D eigenvalue weighted by Gasteiger charge is -2.18. The number of carbonyl (C=O) groups is 1. The van der Waals surface area contributed by atoms with Crippen molar-refractivity contribution in [1.29, 1.82) is 0 Å². The highest BCUT2D eigenvalue weighted by Crippen LogP contribution is 2.36. The van der Waals surface area contributed by atoms with Crippen LogP contribution in [-0.4, -0.2) is 17.0 Å². The van der Waals surface area contributed by atoms with Crippen LogP contribution < -0.4 is 5.32 Å². The Balaban J connectivity index is 1.70. The smallest absolute Gasteiger partial charge is 0.220 e. The summed E-state index contributed by atoms with van der Waals surface area (Å²) in [5.74, 6) is 0.00508. The van der Waals surface area contributed by atoms with Crippen molar-refractivity contribution >= 4 is 28.4 Å². The lowest BCUT2D eigenvalue weighted by Crippen LogP contribution is -2.26. The predicted molar refractivity (Wildman–Crippen MR) is 143 cm³/mol. The van der Waals surface area contributed by atoms with Crippen molar-refractivity contribution < 1.29 is 4.79 Å². The molecule has 0 bridgehead atoms. The number of nitrogens with one attached hydrogen (secondary N) is 1. The molecule has 176 valence electrons. The molecule has 0 aliphatic heterocycles. The number of benzene rings is 3. The number of nitrogens with zero attached hydrogens (tertiary/aromatic N) is 1. The normalized spacial score (nSPS) is 12.1. The third-order valence-electron chi connectivity index (χ3n) is 6.41. The van der Waals surface area contributed by atoms with E-state index in [9.17, 15) is 4.79 Å². The molecule has 0 spiro atoms. The molecule has 4 rings (SSSR count). The zero-order valence-electron chi connectivity index (χ0n) is 20.1. The van der Waals surface area contributed by atoms with Crippen LogP contribution >= 0.6 is 11.6 Å². The van der Waals surface area contributed by atoms with Crippen molar-refractivity contribution in [2.45, 2.75) is 52.0 Å². The lowest BCUT2D eigenvalue weighted by molar-refractivity contribution is -0.121. The number of aromatic nitrogens is 1. The highest BCUT2D eigenvalue weighted by molar-refractivity contribution is 6.30. The maximum Gasteiger partial charge on any atom is 0.220 e. The van der Waals surface area contributed by atoms with E-state index in [2.05, 4.69) is 84.5 Å². The molecule has 4 aromatic rings. The van der Waals surface area contributed by atoms with Crippen molar-refractivity contribution in [3.05, 3.63) is 106 Å². The van der Waals surface area contributed by atoms with Gasteiger partial charge in [-0.1, -0.05) is 91.5 Å². The van der Waals surface area contributed by atoms with Gasteiger partial charge in [0, 0.05) is 47.6 Å². The Morgan fingerprint density at radius 2 is 1.79 bits per heavy atom. The van der Waals surface area contributed by atoms with E-state index in [1.165, 1.54) is 22.0 Å². The molecule has 34 heavy (non-hydrogen) atoms. The van der Waals surface area contributed by atoms with Crippen molar-refractivity contribution in [1.82, 2.24) is 9.88 Å². The number of rotatable bonds is 10. The van der Waals surface area contributed by atoms with Crippen LogP contribution in [0.15, 0.2) is 79.0 Å². The molecule has 1 heterocycles. The summed E-state index contributed by atoms with van der Waals surface area (Å²) in [5, 5.41) is 4.99. The van der Waals surface area contributed by atoms with Gasteiger partial charge in [0.05, 0.1) is 0 Å². The van der Waals surface area contributed by atoms with E-state index in [4.69, 9.17) is 11.6 Å². The highest BCUT2D eigenvalue weighted by atomic mass is 35.5. The minimum Gasteiger partial charge on any atom is -0.356 e. The van der Waals surface area contributed by atoms with Crippen LogP contribution in [0.1, 0.15) is 60.8 Å². The van der Waals surface area contributed by atoms with Gasteiger partial charge in [0.2, 0.25) is 5.91 Å². The van der Waals surface area contributed by atoms with E-state index in [0.29, 0.717) is 11.4 Å². The molecule has 1 atom stereocenters. The summed E-state index contributed by atoms with van der Waals surface area (Å²) in [5.41, 5.74) is 5.91. The highest BCUT2D eigenvalue weighted by Gasteiger charge is 2.23. The number of halogens is 1. The number of fused-ring (bicyclic) bond motifs is 1. The minimum absolute atomic E-state index is 0.0750. The first kappa shape index (κ1) is 24.1. The van der Waals surface area contributed by atoms with E-state index < -0.39 is 0 Å². The third-order valence-corrected chi connectivity index (χ3v) is 6.65. The molecule has 0 radical (unpaired) electrons. The molecule has 4 heteroatoms. The van der Waals surface area contributed by atoms with Crippen LogP contribution in [0.5, 0.6) is 0 Å². The molecular formula is C30H33ClN2O. The second-order valence-electron chi connectivity index (χ2n) is 9.08. The number of para-hydroxylation sites is 1. The summed E-state index contributed by atoms with van der Waals surface area (Å²) in [6.45, 7) is 5.79. The van der Waals surface area contributed by atoms with Crippen LogP contribution in [0.4, 0.5) is 0 Å². The third kappa shape index (κ3) is 5.90. The first-order chi connectivity index (χ1) is 16.5. The summed E-state index contributed by atoms with van der Waals surface area (Å²) in [4.78, 5) is 13.0. The van der Waals surface area contributed by atoms with Crippen LogP contribution in [-0.2, 0) is 11.3 Å². The first-order valence-electron chi connectivity index (χ1n) is 12.2. The molecule has 0 saturated carbocycles. The quantitative estimate of drug-likeness (QED) is 0.238. The summed E-state index contributed by atoms with van der Waals surface area (Å²) in [7, 11) is 0. The Morgan fingerprint density at radius 1 is 1.00 bits per heavy atom. The van der Waals surface area contributed by atoms with Gasteiger partial charge in [0.15, 0.2) is 0 Å². The van der Waals surface area contributed by atoms with E-state index in [0.717, 1.165) is 43.5 Å². The topological polar surface area (TPSA) is 34.0 Å². The minimum atomic E-state index is -0.0750. The van der Waals surface area contributed by atoms with Crippen LogP contribution in [0.25, 0.3) is 10.9 Å². The molecule has 1 amide bonds. The monoisotopic (exact) mass is 472 g/mol. The Bertz CT molecular complexity index is 1240. The van der Waals surface area contributed by atoms with Gasteiger partial charge in [-0.2, -0.15) is 0 Å². The van der Waals surface area contributed by atoms with Gasteiger partial charge in [-0.3, -0.25) is 4.79 Å². The van der Waals surface area contributed by atoms with E-state index in [1.54, 1.807) is 0 Å². The number of aryl methyl sites for hydroxylation is 1. The maximum absolute atomic E-state index is 13.0. The average molecular weight is 473 g/mol. The second-order valence-corrected chi connectivity index (χ2v) is 9.52. The van der Waals surface area contributed by atoms with Crippen LogP contribution in [0, 0.1) is 6.92 Å². The Morgan fingerprint density at radius 3 is 2.56 bits per heavy atom. The Hall–Kier alpha value is -3.04. The van der Waals surface area contributed by atoms with Crippen molar-refractivity contribution in [3.8, 4) is 0 Å². The van der Waals surface area contributed by atoms with Crippen molar-refractivity contribution in [2.75, 3.05) is 6.54 Å². The summed E-state index contributed by atoms with van der Waals surface area (Å²) in [6.07, 6.45) is 5.90. The number of carbonyl (C=O) groups excluding carboxylic acids is 1. The van der Waals surface area contributed by atoms with Gasteiger partial charge in [0.1, 0.15) is 0 Å². The van der Waals surface area contributed by atoms with Crippen molar-refractivity contribution in [3.63, 3.8) is 0 Å². The molecule has 0 saturated heterocycles. The molecule has 3 nitrogen and oxygen atoms in total. The standard InChI is InChI=1S/C30H33ClN2O/c1-3-4-7-17-32-30(34)19-27(24-9-8-10-25(31)18-24)28-21-33(29-12-6-5-11-26(28)29)20-23-15-13-22(2)14-16-23/h5-6,8-16,18,21,27H,3-4,7,17,19-20H2,1-2H3,(H,32,34). The molecule has 1 unspecified atom stereocenters. The fraction of sp³-hybridized carbons (Fsp3) is 0.300. The predicted octanol–water partition coefficient (Wildman–Crippen LogP) is 7.48. The van der Waals surface area contributed by atoms with Gasteiger partial charge < -0.3 is 9.88 Å². The van der Waals surface area contributed by atoms with E-state index in [-0.39, 0.29) is 11.8 Å². The second kappa shape index (κ2) is 11.4. The summed E-state index contributed by atoms with van der Waals surface area (Å²) >= 11 is 6.37. The van der Waals surface area contributed by atoms with Gasteiger partial charge in [-0.25, -0.2) is 0 Å². The number of unbranched alkanes of at least 4 members (excludes halogenated alkanes) is 2. The molecule has 1 N–H and O–H groups in total. The molecular weight excluding hydrogens is 440 g/mol. The van der Waals surface area contributed by atoms with E-state index >= 15 is 0 Å². The Labute approximate surface area is 207 Å². The van der Waals surface area contributed by atoms with Crippen LogP contribution in [0.2, 0.25) is 5.02 Å². The largest absolute Gasteiger partial charge is 0.356 e. The zero-order valence-corrected chi connectivity index (χ0v) is 20.8. The summed E-state index contributed by atoms with van der Waals surface area (Å²) in [6, 6.07) is 25.1. The number of hydrogen-bond donors (Lipinski definition) is 1. The molecule has 0 aliphatic carbocycles. The maximum atomic E-state index is 13.0. The van der Waals surface area contributed by atoms with Gasteiger partial charge in [-0.15, -0.1) is 0 Å². The van der Waals surface area contributed by atoms with Gasteiger partial charge >= 0.3 is 0 Å². The average Bonchev–Trinajstić information content (AvgIpc) is 3.20. The van der Waals surface area contributed by atoms with E-state index in [1.807, 2.05) is 18.2 Å². The van der Waals surface area contributed by atoms with Crippen molar-refractivity contribution in [2.24, 2.45) is 0 Å². The SMILES string of the molecule is CCCCCNC(=O)CC(c1cccc(Cl)c1)c1cn(Cc2ccc(C)cc2)c2ccccc12. The fourth-order valence-corrected chi connectivity index (χ4v) is 4.76. The molecule has 0 aliphatic rings. The number of hydrogen-bond acceptors (Lipinski definition) is 1. The molecule has 1 aromatic heterocycles. The lowest BCUT2D eigenvalue weighted by atomic mass is 9.88. The Kier molecular flexibility index (Phi) is 8.08. The molecule has 3 aromatic carbocycles. The fourth-order valence-electron chi connectivity index (χ4n) is 4.56. The van der Waals surface area contributed by atoms with Crippen LogP contribution in [0.3, 0.4) is 0 Å². The number of amides is 1. The summed E-state index contributed by atoms with van der Waals surface area (Å²) < 4.78 is 2.30. The molecule has 0 fully saturated rings. The van der Waals surface area contributed by atoms with Gasteiger partial charge in [-0.05, 0) is 48.2 Å².